The van der Waals surface area contributed by atoms with Crippen LogP contribution in [0.4, 0.5) is 0 Å². The van der Waals surface area contributed by atoms with Gasteiger partial charge in [-0.3, -0.25) is 14.2 Å². The quantitative estimate of drug-likeness (QED) is 0.704. The summed E-state index contributed by atoms with van der Waals surface area (Å²) in [7, 11) is 0. The first-order chi connectivity index (χ1) is 13.1. The number of carbonyl (C=O) groups excluding carboxylic acids is 1. The van der Waals surface area contributed by atoms with Crippen molar-refractivity contribution in [2.75, 3.05) is 13.2 Å². The molecule has 2 heterocycles. The largest absolute Gasteiger partial charge is 0.377 e. The topological polar surface area (TPSA) is 73.2 Å². The molecule has 1 amide bonds. The maximum absolute atomic E-state index is 12.7. The molecule has 6 nitrogen and oxygen atoms in total. The summed E-state index contributed by atoms with van der Waals surface area (Å²) in [5.41, 5.74) is 1.21. The fraction of sp³-hybridized carbons (Fsp3) is 0.450. The second-order valence-corrected chi connectivity index (χ2v) is 7.18. The van der Waals surface area contributed by atoms with Crippen molar-refractivity contribution in [1.82, 2.24) is 14.9 Å². The van der Waals surface area contributed by atoms with Crippen molar-refractivity contribution in [3.63, 3.8) is 0 Å². The molecule has 0 unspecified atom stereocenters. The minimum atomic E-state index is -0.221. The predicted molar refractivity (Wildman–Crippen MR) is 105 cm³/mol. The Bertz CT molecular complexity index is 845. The molecule has 144 valence electrons. The fourth-order valence-electron chi connectivity index (χ4n) is 2.95. The van der Waals surface area contributed by atoms with Gasteiger partial charge in [-0.1, -0.05) is 43.5 Å². The van der Waals surface area contributed by atoms with E-state index in [9.17, 15) is 9.59 Å². The van der Waals surface area contributed by atoms with Crippen molar-refractivity contribution in [3.8, 4) is 11.3 Å². The van der Waals surface area contributed by atoms with Gasteiger partial charge in [0.1, 0.15) is 12.4 Å². The average molecular weight is 390 g/mol. The highest BCUT2D eigenvalue weighted by molar-refractivity contribution is 6.30. The summed E-state index contributed by atoms with van der Waals surface area (Å²) in [5, 5.41) is 3.50. The Morgan fingerprint density at radius 1 is 1.30 bits per heavy atom. The average Bonchev–Trinajstić information content (AvgIpc) is 2.61. The van der Waals surface area contributed by atoms with Crippen molar-refractivity contribution in [3.05, 3.63) is 51.5 Å². The standard InChI is InChI=1S/C20H24ClN3O3/c1-2-3-4-5-18-23-17(14-6-8-15(21)9-7-14)10-20(26)24(18)11-19(25)22-16-12-27-13-16/h6-10,16H,2-5,11-13H2,1H3,(H,22,25). The van der Waals surface area contributed by atoms with Crippen LogP contribution in [0.5, 0.6) is 0 Å². The van der Waals surface area contributed by atoms with Gasteiger partial charge >= 0.3 is 0 Å². The van der Waals surface area contributed by atoms with E-state index >= 15 is 0 Å². The monoisotopic (exact) mass is 389 g/mol. The number of nitrogens with zero attached hydrogens (tertiary/aromatic N) is 2. The lowest BCUT2D eigenvalue weighted by Crippen LogP contribution is -2.50. The second-order valence-electron chi connectivity index (χ2n) is 6.75. The summed E-state index contributed by atoms with van der Waals surface area (Å²) < 4.78 is 6.54. The lowest BCUT2D eigenvalue weighted by Gasteiger charge is -2.27. The van der Waals surface area contributed by atoms with Crippen molar-refractivity contribution < 1.29 is 9.53 Å². The summed E-state index contributed by atoms with van der Waals surface area (Å²) in [4.78, 5) is 29.7. The van der Waals surface area contributed by atoms with Gasteiger partial charge in [-0.15, -0.1) is 0 Å². The van der Waals surface area contributed by atoms with Gasteiger partial charge in [-0.25, -0.2) is 4.98 Å². The summed E-state index contributed by atoms with van der Waals surface area (Å²) >= 11 is 5.95. The molecule has 0 atom stereocenters. The van der Waals surface area contributed by atoms with Gasteiger partial charge in [0, 0.05) is 23.1 Å². The Balaban J connectivity index is 1.86. The third-order valence-corrected chi connectivity index (χ3v) is 4.79. The molecular weight excluding hydrogens is 366 g/mol. The molecule has 0 saturated carbocycles. The van der Waals surface area contributed by atoms with Crippen molar-refractivity contribution in [2.24, 2.45) is 0 Å². The molecule has 1 fully saturated rings. The number of rotatable bonds is 8. The van der Waals surface area contributed by atoms with Crippen LogP contribution in [0.1, 0.15) is 32.0 Å². The number of amides is 1. The van der Waals surface area contributed by atoms with Crippen LogP contribution in [0.3, 0.4) is 0 Å². The molecule has 0 spiro atoms. The smallest absolute Gasteiger partial charge is 0.254 e. The summed E-state index contributed by atoms with van der Waals surface area (Å²) in [6.07, 6.45) is 3.70. The van der Waals surface area contributed by atoms with E-state index in [4.69, 9.17) is 16.3 Å². The Hall–Kier alpha value is -2.18. The molecule has 1 aliphatic heterocycles. The van der Waals surface area contributed by atoms with Crippen LogP contribution in [0.2, 0.25) is 5.02 Å². The second kappa shape index (κ2) is 9.15. The molecule has 1 aromatic carbocycles. The van der Waals surface area contributed by atoms with Gasteiger partial charge in [-0.05, 0) is 18.6 Å². The van der Waals surface area contributed by atoms with Crippen LogP contribution in [0.15, 0.2) is 35.1 Å². The first-order valence-electron chi connectivity index (χ1n) is 9.30. The number of halogens is 1. The Morgan fingerprint density at radius 2 is 2.04 bits per heavy atom. The van der Waals surface area contributed by atoms with Gasteiger partial charge in [-0.2, -0.15) is 0 Å². The van der Waals surface area contributed by atoms with E-state index in [0.29, 0.717) is 36.2 Å². The molecule has 1 aliphatic rings. The van der Waals surface area contributed by atoms with E-state index in [2.05, 4.69) is 17.2 Å². The third-order valence-electron chi connectivity index (χ3n) is 4.54. The third kappa shape index (κ3) is 5.17. The minimum Gasteiger partial charge on any atom is -0.377 e. The van der Waals surface area contributed by atoms with Crippen LogP contribution < -0.4 is 10.9 Å². The van der Waals surface area contributed by atoms with Gasteiger partial charge in [0.05, 0.1) is 24.9 Å². The molecule has 27 heavy (non-hydrogen) atoms. The number of ether oxygens (including phenoxy) is 1. The van der Waals surface area contributed by atoms with Crippen LogP contribution in [0, 0.1) is 0 Å². The number of benzene rings is 1. The van der Waals surface area contributed by atoms with E-state index < -0.39 is 0 Å². The molecule has 1 aromatic heterocycles. The normalized spacial score (nSPS) is 14.0. The molecule has 1 saturated heterocycles. The van der Waals surface area contributed by atoms with E-state index in [-0.39, 0.29) is 24.1 Å². The molecular formula is C20H24ClN3O3. The maximum Gasteiger partial charge on any atom is 0.254 e. The Morgan fingerprint density at radius 3 is 2.67 bits per heavy atom. The highest BCUT2D eigenvalue weighted by Gasteiger charge is 2.21. The minimum absolute atomic E-state index is 0.0231. The Kier molecular flexibility index (Phi) is 6.63. The van der Waals surface area contributed by atoms with E-state index in [1.54, 1.807) is 12.1 Å². The SMILES string of the molecule is CCCCCc1nc(-c2ccc(Cl)cc2)cc(=O)n1CC(=O)NC1COC1. The lowest BCUT2D eigenvalue weighted by atomic mass is 10.1. The number of nitrogens with one attached hydrogen (secondary N) is 1. The van der Waals surface area contributed by atoms with Gasteiger partial charge in [0.15, 0.2) is 0 Å². The lowest BCUT2D eigenvalue weighted by molar-refractivity contribution is -0.125. The van der Waals surface area contributed by atoms with Gasteiger partial charge in [0.2, 0.25) is 5.91 Å². The molecule has 0 bridgehead atoms. The molecule has 3 rings (SSSR count). The fourth-order valence-corrected chi connectivity index (χ4v) is 3.08. The number of hydrogen-bond acceptors (Lipinski definition) is 4. The zero-order chi connectivity index (χ0) is 19.2. The Labute approximate surface area is 163 Å². The molecule has 7 heteroatoms. The summed E-state index contributed by atoms with van der Waals surface area (Å²) in [5.74, 6) is 0.448. The van der Waals surface area contributed by atoms with Gasteiger partial charge < -0.3 is 10.1 Å². The van der Waals surface area contributed by atoms with E-state index in [0.717, 1.165) is 24.8 Å². The maximum atomic E-state index is 12.7. The number of hydrogen-bond donors (Lipinski definition) is 1. The first kappa shape index (κ1) is 19.6. The number of unbranched alkanes of at least 4 members (excludes halogenated alkanes) is 2. The highest BCUT2D eigenvalue weighted by Crippen LogP contribution is 2.19. The highest BCUT2D eigenvalue weighted by atomic mass is 35.5. The number of aromatic nitrogens is 2. The van der Waals surface area contributed by atoms with Crippen LogP contribution >= 0.6 is 11.6 Å². The van der Waals surface area contributed by atoms with Crippen molar-refractivity contribution in [2.45, 2.75) is 45.2 Å². The zero-order valence-corrected chi connectivity index (χ0v) is 16.2. The molecule has 1 N–H and O–H groups in total. The number of carbonyl (C=O) groups is 1. The number of aryl methyl sites for hydroxylation is 1. The van der Waals surface area contributed by atoms with Crippen molar-refractivity contribution >= 4 is 17.5 Å². The van der Waals surface area contributed by atoms with E-state index in [1.165, 1.54) is 10.6 Å². The summed E-state index contributed by atoms with van der Waals surface area (Å²) in [6, 6.07) is 8.75. The van der Waals surface area contributed by atoms with Gasteiger partial charge in [0.25, 0.3) is 5.56 Å². The summed E-state index contributed by atoms with van der Waals surface area (Å²) in [6.45, 7) is 3.15. The molecule has 2 aromatic rings. The predicted octanol–water partition coefficient (Wildman–Crippen LogP) is 2.81. The van der Waals surface area contributed by atoms with Crippen LogP contribution in [0.25, 0.3) is 11.3 Å². The molecule has 0 aliphatic carbocycles. The van der Waals surface area contributed by atoms with Crippen LogP contribution in [-0.2, 0) is 22.5 Å². The zero-order valence-electron chi connectivity index (χ0n) is 15.4. The van der Waals surface area contributed by atoms with Crippen molar-refractivity contribution in [1.29, 1.82) is 0 Å². The first-order valence-corrected chi connectivity index (χ1v) is 9.68. The molecule has 0 radical (unpaired) electrons. The van der Waals surface area contributed by atoms with E-state index in [1.807, 2.05) is 12.1 Å². The van der Waals surface area contributed by atoms with Crippen LogP contribution in [-0.4, -0.2) is 34.7 Å².